The summed E-state index contributed by atoms with van der Waals surface area (Å²) in [6.45, 7) is 4.99. The van der Waals surface area contributed by atoms with Gasteiger partial charge < -0.3 is 15.1 Å². The fraction of sp³-hybridized carbons (Fsp3) is 0.440. The predicted octanol–water partition coefficient (Wildman–Crippen LogP) is 4.42. The van der Waals surface area contributed by atoms with Crippen molar-refractivity contribution in [2.45, 2.75) is 38.6 Å². The second kappa shape index (κ2) is 9.20. The van der Waals surface area contributed by atoms with E-state index in [1.54, 1.807) is 0 Å². The molecule has 1 aliphatic heterocycles. The van der Waals surface area contributed by atoms with Crippen LogP contribution in [0.2, 0.25) is 0 Å². The molecule has 162 valence electrons. The van der Waals surface area contributed by atoms with Crippen molar-refractivity contribution in [2.24, 2.45) is 5.92 Å². The molecule has 31 heavy (non-hydrogen) atoms. The second-order valence-corrected chi connectivity index (χ2v) is 8.68. The van der Waals surface area contributed by atoms with Gasteiger partial charge in [-0.25, -0.2) is 4.98 Å². The summed E-state index contributed by atoms with van der Waals surface area (Å²) in [4.78, 5) is 20.1. The van der Waals surface area contributed by atoms with Crippen molar-refractivity contribution in [1.82, 2.24) is 15.2 Å². The summed E-state index contributed by atoms with van der Waals surface area (Å²) in [6.07, 6.45) is 5.47. The Kier molecular flexibility index (Phi) is 6.00. The highest BCUT2D eigenvalue weighted by Crippen LogP contribution is 2.33. The Morgan fingerprint density at radius 1 is 1.06 bits per heavy atom. The molecule has 2 N–H and O–H groups in total. The molecule has 0 spiro atoms. The molecule has 2 aliphatic rings. The van der Waals surface area contributed by atoms with Crippen molar-refractivity contribution in [1.29, 1.82) is 0 Å². The number of piperazine rings is 1. The largest absolute Gasteiger partial charge is 0.436 e. The van der Waals surface area contributed by atoms with Gasteiger partial charge in [-0.2, -0.15) is 0 Å². The number of rotatable bonds is 5. The summed E-state index contributed by atoms with van der Waals surface area (Å²) in [6, 6.07) is 13.9. The lowest BCUT2D eigenvalue weighted by Gasteiger charge is -2.27. The van der Waals surface area contributed by atoms with E-state index in [4.69, 9.17) is 9.40 Å². The number of nitrogens with zero attached hydrogens (tertiary/aromatic N) is 2. The minimum absolute atomic E-state index is 0.107. The minimum Gasteiger partial charge on any atom is -0.436 e. The smallest absolute Gasteiger partial charge is 0.229 e. The van der Waals surface area contributed by atoms with E-state index in [1.165, 1.54) is 12.0 Å². The molecule has 1 aromatic heterocycles. The van der Waals surface area contributed by atoms with Crippen LogP contribution in [0.25, 0.3) is 22.6 Å². The standard InChI is InChI=1S/C25H30N4O2/c30-24(18-7-2-1-3-8-18)27-21-11-5-4-10-20(21)25-28-23-19(9-6-12-22(23)31-25)17-29-15-13-26-14-16-29/h4-6,9-12,18,26H,1-3,7-8,13-17H2,(H,27,30). The molecule has 1 aliphatic carbocycles. The minimum atomic E-state index is 0.107. The molecule has 1 saturated heterocycles. The van der Waals surface area contributed by atoms with Gasteiger partial charge in [0.1, 0.15) is 5.52 Å². The van der Waals surface area contributed by atoms with Crippen molar-refractivity contribution in [3.63, 3.8) is 0 Å². The van der Waals surface area contributed by atoms with Gasteiger partial charge in [0.25, 0.3) is 0 Å². The van der Waals surface area contributed by atoms with E-state index in [0.717, 1.165) is 80.8 Å². The Morgan fingerprint density at radius 2 is 1.87 bits per heavy atom. The van der Waals surface area contributed by atoms with E-state index in [-0.39, 0.29) is 11.8 Å². The van der Waals surface area contributed by atoms with E-state index < -0.39 is 0 Å². The molecule has 5 rings (SSSR count). The highest BCUT2D eigenvalue weighted by molar-refractivity contribution is 5.96. The Bertz CT molecular complexity index is 1050. The van der Waals surface area contributed by atoms with Crippen LogP contribution in [0.4, 0.5) is 5.69 Å². The van der Waals surface area contributed by atoms with Crippen LogP contribution < -0.4 is 10.6 Å². The molecule has 2 heterocycles. The number of hydrogen-bond donors (Lipinski definition) is 2. The first kappa shape index (κ1) is 20.2. The van der Waals surface area contributed by atoms with Gasteiger partial charge in [0, 0.05) is 38.6 Å². The van der Waals surface area contributed by atoms with Crippen LogP contribution in [-0.2, 0) is 11.3 Å². The average Bonchev–Trinajstić information content (AvgIpc) is 3.26. The van der Waals surface area contributed by atoms with Crippen LogP contribution in [0.3, 0.4) is 0 Å². The highest BCUT2D eigenvalue weighted by Gasteiger charge is 2.23. The molecule has 0 bridgehead atoms. The van der Waals surface area contributed by atoms with E-state index in [0.29, 0.717) is 5.89 Å². The summed E-state index contributed by atoms with van der Waals surface area (Å²) in [5.74, 6) is 0.779. The van der Waals surface area contributed by atoms with Crippen LogP contribution in [0, 0.1) is 5.92 Å². The van der Waals surface area contributed by atoms with Gasteiger partial charge >= 0.3 is 0 Å². The quantitative estimate of drug-likeness (QED) is 0.642. The van der Waals surface area contributed by atoms with Gasteiger partial charge in [-0.05, 0) is 36.6 Å². The molecule has 6 nitrogen and oxygen atoms in total. The maximum absolute atomic E-state index is 12.8. The number of anilines is 1. The van der Waals surface area contributed by atoms with E-state index in [9.17, 15) is 4.79 Å². The second-order valence-electron chi connectivity index (χ2n) is 8.68. The third kappa shape index (κ3) is 4.50. The molecule has 0 atom stereocenters. The molecule has 3 aromatic rings. The van der Waals surface area contributed by atoms with Crippen molar-refractivity contribution in [2.75, 3.05) is 31.5 Å². The van der Waals surface area contributed by atoms with Crippen LogP contribution in [-0.4, -0.2) is 42.0 Å². The zero-order chi connectivity index (χ0) is 21.0. The molecule has 6 heteroatoms. The van der Waals surface area contributed by atoms with Gasteiger partial charge in [0.2, 0.25) is 11.8 Å². The number of carbonyl (C=O) groups excluding carboxylic acids is 1. The summed E-state index contributed by atoms with van der Waals surface area (Å²) >= 11 is 0. The van der Waals surface area contributed by atoms with Crippen molar-refractivity contribution in [3.05, 3.63) is 48.0 Å². The number of nitrogens with one attached hydrogen (secondary N) is 2. The van der Waals surface area contributed by atoms with E-state index in [1.807, 2.05) is 36.4 Å². The lowest BCUT2D eigenvalue weighted by Crippen LogP contribution is -2.42. The van der Waals surface area contributed by atoms with Gasteiger partial charge in [-0.1, -0.05) is 43.5 Å². The van der Waals surface area contributed by atoms with Gasteiger partial charge in [-0.15, -0.1) is 0 Å². The third-order valence-corrected chi connectivity index (χ3v) is 6.50. The van der Waals surface area contributed by atoms with Crippen LogP contribution in [0.5, 0.6) is 0 Å². The molecular weight excluding hydrogens is 388 g/mol. The number of fused-ring (bicyclic) bond motifs is 1. The van der Waals surface area contributed by atoms with E-state index >= 15 is 0 Å². The molecule has 0 unspecified atom stereocenters. The molecule has 2 fully saturated rings. The Hall–Kier alpha value is -2.70. The number of carbonyl (C=O) groups is 1. The van der Waals surface area contributed by atoms with Crippen LogP contribution in [0.15, 0.2) is 46.9 Å². The Labute approximate surface area is 183 Å². The topological polar surface area (TPSA) is 70.4 Å². The molecule has 1 amide bonds. The lowest BCUT2D eigenvalue weighted by molar-refractivity contribution is -0.120. The van der Waals surface area contributed by atoms with Crippen LogP contribution in [0.1, 0.15) is 37.7 Å². The Balaban J connectivity index is 1.41. The van der Waals surface area contributed by atoms with Crippen molar-refractivity contribution >= 4 is 22.7 Å². The summed E-state index contributed by atoms with van der Waals surface area (Å²) in [5.41, 5.74) is 4.47. The third-order valence-electron chi connectivity index (χ3n) is 6.50. The fourth-order valence-electron chi connectivity index (χ4n) is 4.74. The Morgan fingerprint density at radius 3 is 2.71 bits per heavy atom. The number of amides is 1. The zero-order valence-corrected chi connectivity index (χ0v) is 17.9. The summed E-state index contributed by atoms with van der Waals surface area (Å²) < 4.78 is 6.16. The SMILES string of the molecule is O=C(Nc1ccccc1-c1nc2c(CN3CCNCC3)cccc2o1)C1CCCCC1. The maximum Gasteiger partial charge on any atom is 0.229 e. The number of para-hydroxylation sites is 2. The first-order valence-electron chi connectivity index (χ1n) is 11.5. The van der Waals surface area contributed by atoms with Crippen molar-refractivity contribution in [3.8, 4) is 11.5 Å². The van der Waals surface area contributed by atoms with Gasteiger partial charge in [0.15, 0.2) is 5.58 Å². The normalized spacial score (nSPS) is 18.3. The fourth-order valence-corrected chi connectivity index (χ4v) is 4.74. The molecule has 1 saturated carbocycles. The zero-order valence-electron chi connectivity index (χ0n) is 17.9. The number of hydrogen-bond acceptors (Lipinski definition) is 5. The first-order chi connectivity index (χ1) is 15.3. The van der Waals surface area contributed by atoms with Crippen LogP contribution >= 0.6 is 0 Å². The summed E-state index contributed by atoms with van der Waals surface area (Å²) in [5, 5.41) is 6.55. The maximum atomic E-state index is 12.8. The molecule has 0 radical (unpaired) electrons. The summed E-state index contributed by atoms with van der Waals surface area (Å²) in [7, 11) is 0. The predicted molar refractivity (Wildman–Crippen MR) is 123 cm³/mol. The number of benzene rings is 2. The molecule has 2 aromatic carbocycles. The highest BCUT2D eigenvalue weighted by atomic mass is 16.3. The number of oxazole rings is 1. The lowest BCUT2D eigenvalue weighted by atomic mass is 9.88. The van der Waals surface area contributed by atoms with E-state index in [2.05, 4.69) is 21.6 Å². The average molecular weight is 419 g/mol. The van der Waals surface area contributed by atoms with Gasteiger partial charge in [-0.3, -0.25) is 9.69 Å². The number of aromatic nitrogens is 1. The monoisotopic (exact) mass is 418 g/mol. The first-order valence-corrected chi connectivity index (χ1v) is 11.5. The van der Waals surface area contributed by atoms with Gasteiger partial charge in [0.05, 0.1) is 11.3 Å². The molecular formula is C25H30N4O2. The van der Waals surface area contributed by atoms with Crippen molar-refractivity contribution < 1.29 is 9.21 Å².